The zero-order chi connectivity index (χ0) is 14.2. The molecule has 4 nitrogen and oxygen atoms in total. The summed E-state index contributed by atoms with van der Waals surface area (Å²) in [7, 11) is 0. The fourth-order valence-electron chi connectivity index (χ4n) is 2.55. The predicted octanol–water partition coefficient (Wildman–Crippen LogP) is 3.90. The zero-order valence-electron chi connectivity index (χ0n) is 11.5. The van der Waals surface area contributed by atoms with Crippen molar-refractivity contribution in [2.24, 2.45) is 5.92 Å². The number of aromatic nitrogens is 3. The topological polar surface area (TPSA) is 42.7 Å². The molecule has 0 bridgehead atoms. The minimum atomic E-state index is 0.262. The number of fused-ring (bicyclic) bond motifs is 1. The Labute approximate surface area is 127 Å². The number of nitrogens with one attached hydrogen (secondary N) is 1. The van der Waals surface area contributed by atoms with Gasteiger partial charge in [-0.15, -0.1) is 0 Å². The van der Waals surface area contributed by atoms with Gasteiger partial charge in [0.15, 0.2) is 0 Å². The van der Waals surface area contributed by atoms with E-state index in [0.717, 1.165) is 29.5 Å². The van der Waals surface area contributed by atoms with Crippen molar-refractivity contribution in [2.45, 2.75) is 12.8 Å². The van der Waals surface area contributed by atoms with Crippen LogP contribution < -0.4 is 5.32 Å². The van der Waals surface area contributed by atoms with Gasteiger partial charge in [0.1, 0.15) is 5.82 Å². The lowest BCUT2D eigenvalue weighted by atomic mass is 10.2. The Morgan fingerprint density at radius 3 is 2.90 bits per heavy atom. The van der Waals surface area contributed by atoms with E-state index in [1.807, 2.05) is 12.1 Å². The molecule has 2 heterocycles. The fourth-order valence-corrected chi connectivity index (χ4v) is 2.69. The molecule has 106 valence electrons. The number of hydrogen-bond acceptors (Lipinski definition) is 3. The van der Waals surface area contributed by atoms with Gasteiger partial charge >= 0.3 is 0 Å². The van der Waals surface area contributed by atoms with Crippen LogP contribution in [0.4, 0.5) is 5.69 Å². The average Bonchev–Trinajstić information content (AvgIpc) is 3.26. The summed E-state index contributed by atoms with van der Waals surface area (Å²) in [5.41, 5.74) is 2.26. The van der Waals surface area contributed by atoms with Gasteiger partial charge in [-0.3, -0.25) is 4.57 Å². The van der Waals surface area contributed by atoms with Crippen molar-refractivity contribution < 1.29 is 0 Å². The Balaban J connectivity index is 1.80. The van der Waals surface area contributed by atoms with Crippen LogP contribution in [0, 0.1) is 5.92 Å². The van der Waals surface area contributed by atoms with Crippen molar-refractivity contribution in [3.63, 3.8) is 0 Å². The third-order valence-electron chi connectivity index (χ3n) is 3.85. The lowest BCUT2D eigenvalue weighted by molar-refractivity contribution is 0.889. The maximum absolute atomic E-state index is 5.91. The van der Waals surface area contributed by atoms with E-state index in [2.05, 4.69) is 44.2 Å². The van der Waals surface area contributed by atoms with E-state index < -0.39 is 0 Å². The van der Waals surface area contributed by atoms with Crippen LogP contribution in [0.25, 0.3) is 16.7 Å². The fraction of sp³-hybridized carbons (Fsp3) is 0.250. The molecular weight excluding hydrogens is 284 g/mol. The zero-order valence-corrected chi connectivity index (χ0v) is 12.2. The number of anilines is 1. The molecule has 0 saturated heterocycles. The first-order valence-electron chi connectivity index (χ1n) is 7.14. The lowest BCUT2D eigenvalue weighted by Crippen LogP contribution is -2.02. The Kier molecular flexibility index (Phi) is 3.04. The first-order chi connectivity index (χ1) is 10.3. The Hall–Kier alpha value is -2.07. The van der Waals surface area contributed by atoms with Crippen LogP contribution in [0.5, 0.6) is 0 Å². The molecule has 2 aromatic heterocycles. The third-order valence-corrected chi connectivity index (χ3v) is 4.03. The first kappa shape index (κ1) is 12.7. The standard InChI is InChI=1S/C16H15ClN4/c17-16-18-8-7-15(20-16)21-10-13(19-9-11-5-6-11)12-3-1-2-4-14(12)21/h1-4,7-8,10-11,19H,5-6,9H2. The number of halogens is 1. The number of hydrogen-bond donors (Lipinski definition) is 1. The lowest BCUT2D eigenvalue weighted by Gasteiger charge is -2.03. The molecule has 0 unspecified atom stereocenters. The SMILES string of the molecule is Clc1nccc(-n2cc(NCC3CC3)c3ccccc32)n1. The highest BCUT2D eigenvalue weighted by atomic mass is 35.5. The van der Waals surface area contributed by atoms with Gasteiger partial charge < -0.3 is 5.32 Å². The van der Waals surface area contributed by atoms with Gasteiger partial charge in [-0.2, -0.15) is 4.98 Å². The van der Waals surface area contributed by atoms with Crippen LogP contribution in [0.1, 0.15) is 12.8 Å². The average molecular weight is 299 g/mol. The van der Waals surface area contributed by atoms with Crippen molar-refractivity contribution in [1.29, 1.82) is 0 Å². The quantitative estimate of drug-likeness (QED) is 0.743. The molecule has 0 atom stereocenters. The second-order valence-corrected chi connectivity index (χ2v) is 5.78. The van der Waals surface area contributed by atoms with Crippen molar-refractivity contribution in [2.75, 3.05) is 11.9 Å². The predicted molar refractivity (Wildman–Crippen MR) is 85.1 cm³/mol. The summed E-state index contributed by atoms with van der Waals surface area (Å²) in [6.45, 7) is 1.04. The largest absolute Gasteiger partial charge is 0.383 e. The van der Waals surface area contributed by atoms with E-state index in [9.17, 15) is 0 Å². The molecule has 1 fully saturated rings. The van der Waals surface area contributed by atoms with Gasteiger partial charge in [-0.05, 0) is 42.5 Å². The second-order valence-electron chi connectivity index (χ2n) is 5.44. The van der Waals surface area contributed by atoms with Crippen LogP contribution in [0.3, 0.4) is 0 Å². The Bertz CT molecular complexity index is 792. The molecule has 0 radical (unpaired) electrons. The molecule has 0 spiro atoms. The van der Waals surface area contributed by atoms with Gasteiger partial charge in [-0.1, -0.05) is 18.2 Å². The van der Waals surface area contributed by atoms with Gasteiger partial charge in [0, 0.05) is 24.3 Å². The van der Waals surface area contributed by atoms with Crippen LogP contribution in [-0.2, 0) is 0 Å². The minimum Gasteiger partial charge on any atom is -0.383 e. The van der Waals surface area contributed by atoms with Crippen LogP contribution in [0.15, 0.2) is 42.7 Å². The molecule has 1 saturated carbocycles. The van der Waals surface area contributed by atoms with Gasteiger partial charge in [0.05, 0.1) is 11.2 Å². The second kappa shape index (κ2) is 5.04. The van der Waals surface area contributed by atoms with Gasteiger partial charge in [-0.25, -0.2) is 4.98 Å². The summed E-state index contributed by atoms with van der Waals surface area (Å²) in [5, 5.41) is 5.02. The third kappa shape index (κ3) is 2.47. The smallest absolute Gasteiger partial charge is 0.224 e. The summed E-state index contributed by atoms with van der Waals surface area (Å²) >= 11 is 5.91. The number of benzene rings is 1. The highest BCUT2D eigenvalue weighted by Crippen LogP contribution is 2.32. The summed E-state index contributed by atoms with van der Waals surface area (Å²) in [6.07, 6.45) is 6.45. The summed E-state index contributed by atoms with van der Waals surface area (Å²) < 4.78 is 2.05. The number of rotatable bonds is 4. The van der Waals surface area contributed by atoms with Crippen molar-refractivity contribution >= 4 is 28.2 Å². The number of para-hydroxylation sites is 1. The molecule has 1 aliphatic rings. The molecule has 5 heteroatoms. The molecule has 0 aliphatic heterocycles. The molecule has 4 rings (SSSR count). The van der Waals surface area contributed by atoms with E-state index in [1.54, 1.807) is 6.20 Å². The van der Waals surface area contributed by atoms with Crippen LogP contribution >= 0.6 is 11.6 Å². The molecular formula is C16H15ClN4. The van der Waals surface area contributed by atoms with Gasteiger partial charge in [0.2, 0.25) is 5.28 Å². The summed E-state index contributed by atoms with van der Waals surface area (Å²) in [6, 6.07) is 10.2. The van der Waals surface area contributed by atoms with Crippen molar-refractivity contribution in [1.82, 2.24) is 14.5 Å². The molecule has 1 aliphatic carbocycles. The molecule has 0 amide bonds. The molecule has 1 aromatic carbocycles. The normalized spacial score (nSPS) is 14.5. The first-order valence-corrected chi connectivity index (χ1v) is 7.52. The van der Waals surface area contributed by atoms with Gasteiger partial charge in [0.25, 0.3) is 0 Å². The Morgan fingerprint density at radius 1 is 1.24 bits per heavy atom. The monoisotopic (exact) mass is 298 g/mol. The summed E-state index contributed by atoms with van der Waals surface area (Å²) in [5.74, 6) is 1.62. The minimum absolute atomic E-state index is 0.262. The Morgan fingerprint density at radius 2 is 2.10 bits per heavy atom. The van der Waals surface area contributed by atoms with E-state index in [0.29, 0.717) is 0 Å². The van der Waals surface area contributed by atoms with E-state index >= 15 is 0 Å². The maximum Gasteiger partial charge on any atom is 0.224 e. The summed E-state index contributed by atoms with van der Waals surface area (Å²) in [4.78, 5) is 8.25. The van der Waals surface area contributed by atoms with E-state index in [4.69, 9.17) is 11.6 Å². The van der Waals surface area contributed by atoms with E-state index in [-0.39, 0.29) is 5.28 Å². The van der Waals surface area contributed by atoms with E-state index in [1.165, 1.54) is 18.2 Å². The molecule has 21 heavy (non-hydrogen) atoms. The highest BCUT2D eigenvalue weighted by molar-refractivity contribution is 6.28. The van der Waals surface area contributed by atoms with Crippen LogP contribution in [-0.4, -0.2) is 21.1 Å². The molecule has 3 aromatic rings. The highest BCUT2D eigenvalue weighted by Gasteiger charge is 2.21. The van der Waals surface area contributed by atoms with Crippen LogP contribution in [0.2, 0.25) is 5.28 Å². The molecule has 1 N–H and O–H groups in total. The maximum atomic E-state index is 5.91. The van der Waals surface area contributed by atoms with Crippen molar-refractivity contribution in [3.8, 4) is 5.82 Å². The number of nitrogens with zero attached hydrogens (tertiary/aromatic N) is 3. The van der Waals surface area contributed by atoms with Crippen molar-refractivity contribution in [3.05, 3.63) is 48.0 Å².